The molecule has 0 aliphatic carbocycles. The number of benzene rings is 1. The molecule has 1 saturated heterocycles. The number of methoxy groups -OCH3 is 1. The van der Waals surface area contributed by atoms with Crippen LogP contribution in [0, 0.1) is 6.92 Å². The minimum Gasteiger partial charge on any atom is -0.383 e. The summed E-state index contributed by atoms with van der Waals surface area (Å²) in [7, 11) is 1.63. The fourth-order valence-corrected chi connectivity index (χ4v) is 2.59. The summed E-state index contributed by atoms with van der Waals surface area (Å²) < 4.78 is 10.4. The Morgan fingerprint density at radius 2 is 2.23 bits per heavy atom. The summed E-state index contributed by atoms with van der Waals surface area (Å²) in [5.74, 6) is -0.0319. The number of carbonyl (C=O) groups excluding carboxylic acids is 1. The van der Waals surface area contributed by atoms with Gasteiger partial charge in [0.1, 0.15) is 0 Å². The van der Waals surface area contributed by atoms with E-state index >= 15 is 0 Å². The summed E-state index contributed by atoms with van der Waals surface area (Å²) in [6.45, 7) is 7.51. The lowest BCUT2D eigenvalue weighted by Gasteiger charge is -2.19. The molecule has 122 valence electrons. The highest BCUT2D eigenvalue weighted by Crippen LogP contribution is 2.14. The molecular weight excluding hydrogens is 280 g/mol. The molecule has 2 rings (SSSR count). The van der Waals surface area contributed by atoms with Gasteiger partial charge in [0.15, 0.2) is 0 Å². The topological polar surface area (TPSA) is 50.8 Å². The van der Waals surface area contributed by atoms with E-state index in [1.807, 2.05) is 19.1 Å². The molecular formula is C17H26N2O3. The second-order valence-corrected chi connectivity index (χ2v) is 5.64. The number of hydrogen-bond donors (Lipinski definition) is 1. The first-order chi connectivity index (χ1) is 10.7. The van der Waals surface area contributed by atoms with Gasteiger partial charge >= 0.3 is 0 Å². The van der Waals surface area contributed by atoms with E-state index in [1.54, 1.807) is 7.11 Å². The summed E-state index contributed by atoms with van der Waals surface area (Å²) in [4.78, 5) is 14.6. The largest absolute Gasteiger partial charge is 0.383 e. The first kappa shape index (κ1) is 16.9. The highest BCUT2D eigenvalue weighted by Gasteiger charge is 2.13. The van der Waals surface area contributed by atoms with Crippen molar-refractivity contribution in [3.05, 3.63) is 34.9 Å². The first-order valence-electron chi connectivity index (χ1n) is 7.87. The minimum absolute atomic E-state index is 0.0319. The van der Waals surface area contributed by atoms with Gasteiger partial charge in [0, 0.05) is 45.5 Å². The molecule has 0 spiro atoms. The fraction of sp³-hybridized carbons (Fsp3) is 0.588. The second-order valence-electron chi connectivity index (χ2n) is 5.64. The van der Waals surface area contributed by atoms with Crippen molar-refractivity contribution in [3.8, 4) is 0 Å². The van der Waals surface area contributed by atoms with E-state index in [9.17, 15) is 4.79 Å². The number of amides is 1. The molecule has 1 fully saturated rings. The molecule has 0 saturated carbocycles. The zero-order chi connectivity index (χ0) is 15.8. The summed E-state index contributed by atoms with van der Waals surface area (Å²) in [6, 6.07) is 6.13. The van der Waals surface area contributed by atoms with E-state index in [0.717, 1.165) is 50.4 Å². The Hall–Kier alpha value is -1.43. The number of rotatable bonds is 6. The average molecular weight is 306 g/mol. The molecule has 1 amide bonds. The Kier molecular flexibility index (Phi) is 6.83. The van der Waals surface area contributed by atoms with Crippen LogP contribution in [-0.4, -0.2) is 57.4 Å². The van der Waals surface area contributed by atoms with E-state index in [2.05, 4.69) is 16.3 Å². The van der Waals surface area contributed by atoms with Crippen LogP contribution < -0.4 is 5.32 Å². The second kappa shape index (κ2) is 8.88. The maximum Gasteiger partial charge on any atom is 0.251 e. The Labute approximate surface area is 132 Å². The predicted octanol–water partition coefficient (Wildman–Crippen LogP) is 1.59. The lowest BCUT2D eigenvalue weighted by molar-refractivity contribution is 0.0936. The van der Waals surface area contributed by atoms with Crippen LogP contribution in [0.3, 0.4) is 0 Å². The van der Waals surface area contributed by atoms with Crippen LogP contribution in [0.1, 0.15) is 27.9 Å². The Morgan fingerprint density at radius 1 is 1.36 bits per heavy atom. The van der Waals surface area contributed by atoms with Crippen molar-refractivity contribution in [1.82, 2.24) is 10.2 Å². The molecule has 0 radical (unpaired) electrons. The Morgan fingerprint density at radius 3 is 3.05 bits per heavy atom. The standard InChI is InChI=1S/C17H26N2O3/c1-14-4-5-15(13-19-7-3-9-22-11-8-19)12-16(14)17(20)18-6-10-21-2/h4-5,12H,3,6-11,13H2,1-2H3,(H,18,20). The van der Waals surface area contributed by atoms with Crippen LogP contribution in [0.2, 0.25) is 0 Å². The van der Waals surface area contributed by atoms with Crippen molar-refractivity contribution in [2.75, 3.05) is 46.6 Å². The van der Waals surface area contributed by atoms with Gasteiger partial charge in [-0.3, -0.25) is 9.69 Å². The van der Waals surface area contributed by atoms with E-state index in [1.165, 1.54) is 5.56 Å². The Balaban J connectivity index is 2.00. The molecule has 0 aromatic heterocycles. The number of hydrogen-bond acceptors (Lipinski definition) is 4. The Bertz CT molecular complexity index is 483. The zero-order valence-corrected chi connectivity index (χ0v) is 13.6. The van der Waals surface area contributed by atoms with Crippen LogP contribution in [-0.2, 0) is 16.0 Å². The molecule has 0 atom stereocenters. The molecule has 5 heteroatoms. The maximum atomic E-state index is 12.2. The zero-order valence-electron chi connectivity index (χ0n) is 13.6. The van der Waals surface area contributed by atoms with Crippen LogP contribution >= 0.6 is 0 Å². The molecule has 1 aliphatic rings. The molecule has 0 bridgehead atoms. The third kappa shape index (κ3) is 5.09. The number of carbonyl (C=O) groups is 1. The number of nitrogens with zero attached hydrogens (tertiary/aromatic N) is 1. The van der Waals surface area contributed by atoms with Gasteiger partial charge in [-0.2, -0.15) is 0 Å². The van der Waals surface area contributed by atoms with E-state index in [-0.39, 0.29) is 5.91 Å². The van der Waals surface area contributed by atoms with Crippen LogP contribution in [0.25, 0.3) is 0 Å². The SMILES string of the molecule is COCCNC(=O)c1cc(CN2CCCOCC2)ccc1C. The molecule has 1 heterocycles. The van der Waals surface area contributed by atoms with Crippen molar-refractivity contribution in [2.24, 2.45) is 0 Å². The van der Waals surface area contributed by atoms with E-state index in [0.29, 0.717) is 13.2 Å². The van der Waals surface area contributed by atoms with Crippen molar-refractivity contribution < 1.29 is 14.3 Å². The quantitative estimate of drug-likeness (QED) is 0.811. The minimum atomic E-state index is -0.0319. The molecule has 1 aromatic carbocycles. The molecule has 1 N–H and O–H groups in total. The molecule has 1 aromatic rings. The average Bonchev–Trinajstić information content (AvgIpc) is 2.78. The third-order valence-electron chi connectivity index (χ3n) is 3.86. The number of ether oxygens (including phenoxy) is 2. The van der Waals surface area contributed by atoms with Crippen molar-refractivity contribution in [1.29, 1.82) is 0 Å². The van der Waals surface area contributed by atoms with Crippen molar-refractivity contribution in [2.45, 2.75) is 19.9 Å². The van der Waals surface area contributed by atoms with Gasteiger partial charge in [-0.25, -0.2) is 0 Å². The van der Waals surface area contributed by atoms with Crippen molar-refractivity contribution in [3.63, 3.8) is 0 Å². The molecule has 5 nitrogen and oxygen atoms in total. The highest BCUT2D eigenvalue weighted by molar-refractivity contribution is 5.95. The number of aryl methyl sites for hydroxylation is 1. The lowest BCUT2D eigenvalue weighted by Crippen LogP contribution is -2.28. The van der Waals surface area contributed by atoms with Crippen LogP contribution in [0.15, 0.2) is 18.2 Å². The molecule has 22 heavy (non-hydrogen) atoms. The fourth-order valence-electron chi connectivity index (χ4n) is 2.59. The van der Waals surface area contributed by atoms with Gasteiger partial charge in [0.05, 0.1) is 13.2 Å². The summed E-state index contributed by atoms with van der Waals surface area (Å²) in [6.07, 6.45) is 1.07. The number of nitrogens with one attached hydrogen (secondary N) is 1. The highest BCUT2D eigenvalue weighted by atomic mass is 16.5. The van der Waals surface area contributed by atoms with E-state index in [4.69, 9.17) is 9.47 Å². The predicted molar refractivity (Wildman–Crippen MR) is 86.1 cm³/mol. The van der Waals surface area contributed by atoms with Crippen molar-refractivity contribution >= 4 is 5.91 Å². The molecule has 1 aliphatic heterocycles. The smallest absolute Gasteiger partial charge is 0.251 e. The summed E-state index contributed by atoms with van der Waals surface area (Å²) in [5.41, 5.74) is 2.92. The van der Waals surface area contributed by atoms with E-state index < -0.39 is 0 Å². The molecule has 0 unspecified atom stereocenters. The lowest BCUT2D eigenvalue weighted by atomic mass is 10.0. The van der Waals surface area contributed by atoms with Crippen LogP contribution in [0.5, 0.6) is 0 Å². The van der Waals surface area contributed by atoms with Gasteiger partial charge in [-0.1, -0.05) is 12.1 Å². The van der Waals surface area contributed by atoms with Crippen LogP contribution in [0.4, 0.5) is 0 Å². The summed E-state index contributed by atoms with van der Waals surface area (Å²) in [5, 5.41) is 2.88. The van der Waals surface area contributed by atoms with Gasteiger partial charge in [-0.15, -0.1) is 0 Å². The maximum absolute atomic E-state index is 12.2. The normalized spacial score (nSPS) is 16.3. The van der Waals surface area contributed by atoms with Gasteiger partial charge in [0.25, 0.3) is 5.91 Å². The van der Waals surface area contributed by atoms with Gasteiger partial charge < -0.3 is 14.8 Å². The third-order valence-corrected chi connectivity index (χ3v) is 3.86. The monoisotopic (exact) mass is 306 g/mol. The van der Waals surface area contributed by atoms with Gasteiger partial charge in [0.2, 0.25) is 0 Å². The first-order valence-corrected chi connectivity index (χ1v) is 7.87. The summed E-state index contributed by atoms with van der Waals surface area (Å²) >= 11 is 0. The van der Waals surface area contributed by atoms with Gasteiger partial charge in [-0.05, 0) is 30.5 Å².